The number of aryl methyl sites for hydroxylation is 1. The Morgan fingerprint density at radius 1 is 1.53 bits per heavy atom. The maximum Gasteiger partial charge on any atom is 0.152 e. The minimum Gasteiger partial charge on any atom is -0.302 e. The predicted molar refractivity (Wildman–Crippen MR) is 70.1 cm³/mol. The van der Waals surface area contributed by atoms with Crippen LogP contribution in [-0.2, 0) is 15.4 Å². The van der Waals surface area contributed by atoms with Gasteiger partial charge in [0.25, 0.3) is 0 Å². The molecule has 0 saturated carbocycles. The highest BCUT2D eigenvalue weighted by Crippen LogP contribution is 2.35. The highest BCUT2D eigenvalue weighted by atomic mass is 32.2. The topological polar surface area (TPSA) is 59.1 Å². The molecule has 4 nitrogen and oxygen atoms in total. The molecule has 1 aromatic heterocycles. The van der Waals surface area contributed by atoms with Gasteiger partial charge in [-0.25, -0.2) is 13.4 Å². The van der Waals surface area contributed by atoms with Crippen molar-refractivity contribution in [1.82, 2.24) is 10.3 Å². The Morgan fingerprint density at radius 2 is 2.24 bits per heavy atom. The second-order valence-electron chi connectivity index (χ2n) is 5.02. The molecule has 0 aliphatic carbocycles. The molecule has 17 heavy (non-hydrogen) atoms. The first-order valence-electron chi connectivity index (χ1n) is 5.74. The van der Waals surface area contributed by atoms with Crippen LogP contribution in [0.5, 0.6) is 0 Å². The van der Waals surface area contributed by atoms with Gasteiger partial charge in [-0.3, -0.25) is 0 Å². The molecular formula is C11H18N2O2S2. The van der Waals surface area contributed by atoms with E-state index in [2.05, 4.69) is 10.3 Å². The lowest BCUT2D eigenvalue weighted by atomic mass is 9.99. The summed E-state index contributed by atoms with van der Waals surface area (Å²) in [6.07, 6.45) is 0.625. The maximum atomic E-state index is 11.7. The number of rotatable bonds is 3. The lowest BCUT2D eigenvalue weighted by Crippen LogP contribution is -2.47. The standard InChI is InChI=1S/C11H18N2O2S2/c1-8(2)13-11(4-5-17(14,15)7-11)10-12-9(3)6-16-10/h6,8,13H,4-5,7H2,1-3H3. The fourth-order valence-electron chi connectivity index (χ4n) is 2.32. The summed E-state index contributed by atoms with van der Waals surface area (Å²) in [6, 6.07) is 0.243. The molecule has 2 heterocycles. The second kappa shape index (κ2) is 4.33. The molecule has 0 bridgehead atoms. The van der Waals surface area contributed by atoms with Gasteiger partial charge in [0.2, 0.25) is 0 Å². The summed E-state index contributed by atoms with van der Waals surface area (Å²) in [6.45, 7) is 6.01. The number of thiazole rings is 1. The van der Waals surface area contributed by atoms with Crippen molar-refractivity contribution in [2.75, 3.05) is 11.5 Å². The average molecular weight is 274 g/mol. The van der Waals surface area contributed by atoms with Gasteiger partial charge in [0.15, 0.2) is 9.84 Å². The normalized spacial score (nSPS) is 27.8. The van der Waals surface area contributed by atoms with Crippen molar-refractivity contribution < 1.29 is 8.42 Å². The number of hydrogen-bond donors (Lipinski definition) is 1. The Kier molecular flexibility index (Phi) is 3.31. The molecule has 1 saturated heterocycles. The molecule has 6 heteroatoms. The van der Waals surface area contributed by atoms with Crippen LogP contribution in [0.2, 0.25) is 0 Å². The summed E-state index contributed by atoms with van der Waals surface area (Å²) < 4.78 is 23.5. The third-order valence-corrected chi connectivity index (χ3v) is 5.82. The lowest BCUT2D eigenvalue weighted by Gasteiger charge is -2.29. The van der Waals surface area contributed by atoms with Crippen molar-refractivity contribution in [2.24, 2.45) is 0 Å². The summed E-state index contributed by atoms with van der Waals surface area (Å²) in [4.78, 5) is 4.48. The Morgan fingerprint density at radius 3 is 2.65 bits per heavy atom. The zero-order chi connectivity index (χ0) is 12.7. The summed E-state index contributed by atoms with van der Waals surface area (Å²) >= 11 is 1.55. The molecule has 0 spiro atoms. The highest BCUT2D eigenvalue weighted by molar-refractivity contribution is 7.91. The van der Waals surface area contributed by atoms with Crippen LogP contribution in [0, 0.1) is 6.92 Å². The monoisotopic (exact) mass is 274 g/mol. The third-order valence-electron chi connectivity index (χ3n) is 2.90. The molecular weight excluding hydrogens is 256 g/mol. The van der Waals surface area contributed by atoms with E-state index < -0.39 is 15.4 Å². The van der Waals surface area contributed by atoms with Gasteiger partial charge in [-0.15, -0.1) is 11.3 Å². The van der Waals surface area contributed by atoms with Crippen LogP contribution < -0.4 is 5.32 Å². The van der Waals surface area contributed by atoms with Gasteiger partial charge in [0, 0.05) is 17.1 Å². The molecule has 0 radical (unpaired) electrons. The zero-order valence-corrected chi connectivity index (χ0v) is 12.0. The first kappa shape index (κ1) is 13.0. The Labute approximate surface area is 106 Å². The zero-order valence-electron chi connectivity index (χ0n) is 10.4. The molecule has 1 fully saturated rings. The third kappa shape index (κ3) is 2.69. The molecule has 96 valence electrons. The fourth-order valence-corrected chi connectivity index (χ4v) is 5.32. The van der Waals surface area contributed by atoms with Crippen molar-refractivity contribution in [1.29, 1.82) is 0 Å². The second-order valence-corrected chi connectivity index (χ2v) is 8.06. The van der Waals surface area contributed by atoms with E-state index in [4.69, 9.17) is 0 Å². The number of nitrogens with one attached hydrogen (secondary N) is 1. The molecule has 1 aliphatic rings. The SMILES string of the molecule is Cc1csc(C2(NC(C)C)CCS(=O)(=O)C2)n1. The molecule has 1 aromatic rings. The van der Waals surface area contributed by atoms with E-state index in [1.54, 1.807) is 11.3 Å². The highest BCUT2D eigenvalue weighted by Gasteiger charge is 2.45. The Hall–Kier alpha value is -0.460. The lowest BCUT2D eigenvalue weighted by molar-refractivity contribution is 0.340. The molecule has 0 aromatic carbocycles. The van der Waals surface area contributed by atoms with Crippen LogP contribution in [0.4, 0.5) is 0 Å². The van der Waals surface area contributed by atoms with Gasteiger partial charge >= 0.3 is 0 Å². The minimum atomic E-state index is -2.93. The quantitative estimate of drug-likeness (QED) is 0.906. The number of hydrogen-bond acceptors (Lipinski definition) is 5. The number of sulfone groups is 1. The van der Waals surface area contributed by atoms with Crippen molar-refractivity contribution in [2.45, 2.75) is 38.8 Å². The van der Waals surface area contributed by atoms with Gasteiger partial charge in [-0.05, 0) is 27.2 Å². The Balaban J connectivity index is 2.38. The van der Waals surface area contributed by atoms with Crippen molar-refractivity contribution in [3.05, 3.63) is 16.1 Å². The van der Waals surface area contributed by atoms with Crippen LogP contribution in [0.25, 0.3) is 0 Å². The molecule has 2 rings (SSSR count). The van der Waals surface area contributed by atoms with Crippen molar-refractivity contribution in [3.8, 4) is 0 Å². The van der Waals surface area contributed by atoms with Crippen LogP contribution in [-0.4, -0.2) is 30.9 Å². The maximum absolute atomic E-state index is 11.7. The Bertz CT molecular complexity index is 507. The van der Waals surface area contributed by atoms with Crippen molar-refractivity contribution in [3.63, 3.8) is 0 Å². The average Bonchev–Trinajstić information content (AvgIpc) is 2.71. The van der Waals surface area contributed by atoms with Crippen LogP contribution in [0.1, 0.15) is 31.0 Å². The van der Waals surface area contributed by atoms with E-state index in [9.17, 15) is 8.42 Å². The first-order valence-corrected chi connectivity index (χ1v) is 8.44. The van der Waals surface area contributed by atoms with Crippen molar-refractivity contribution >= 4 is 21.2 Å². The van der Waals surface area contributed by atoms with Gasteiger partial charge in [0.05, 0.1) is 17.0 Å². The van der Waals surface area contributed by atoms with Gasteiger partial charge in [-0.2, -0.15) is 0 Å². The van der Waals surface area contributed by atoms with Crippen LogP contribution in [0.15, 0.2) is 5.38 Å². The van der Waals surface area contributed by atoms with Crippen LogP contribution >= 0.6 is 11.3 Å². The van der Waals surface area contributed by atoms with E-state index in [-0.39, 0.29) is 17.5 Å². The van der Waals surface area contributed by atoms with E-state index >= 15 is 0 Å². The first-order chi connectivity index (χ1) is 7.83. The van der Waals surface area contributed by atoms with Crippen LogP contribution in [0.3, 0.4) is 0 Å². The smallest absolute Gasteiger partial charge is 0.152 e. The van der Waals surface area contributed by atoms with Gasteiger partial charge in [-0.1, -0.05) is 0 Å². The summed E-state index contributed by atoms with van der Waals surface area (Å²) in [5.41, 5.74) is 0.491. The predicted octanol–water partition coefficient (Wildman–Crippen LogP) is 1.46. The largest absolute Gasteiger partial charge is 0.302 e. The summed E-state index contributed by atoms with van der Waals surface area (Å²) in [7, 11) is -2.93. The molecule has 0 amide bonds. The summed E-state index contributed by atoms with van der Waals surface area (Å²) in [5.74, 6) is 0.427. The van der Waals surface area contributed by atoms with E-state index in [1.807, 2.05) is 26.2 Å². The molecule has 1 aliphatic heterocycles. The van der Waals surface area contributed by atoms with E-state index in [0.29, 0.717) is 6.42 Å². The number of aromatic nitrogens is 1. The molecule has 1 N–H and O–H groups in total. The van der Waals surface area contributed by atoms with E-state index in [1.165, 1.54) is 0 Å². The fraction of sp³-hybridized carbons (Fsp3) is 0.727. The number of nitrogens with zero attached hydrogens (tertiary/aromatic N) is 1. The minimum absolute atomic E-state index is 0.172. The molecule has 1 atom stereocenters. The molecule has 1 unspecified atom stereocenters. The van der Waals surface area contributed by atoms with E-state index in [0.717, 1.165) is 10.7 Å². The van der Waals surface area contributed by atoms with Gasteiger partial charge in [0.1, 0.15) is 5.01 Å². The van der Waals surface area contributed by atoms with Gasteiger partial charge < -0.3 is 5.32 Å². The summed E-state index contributed by atoms with van der Waals surface area (Å²) in [5, 5.41) is 6.29.